The summed E-state index contributed by atoms with van der Waals surface area (Å²) in [4.78, 5) is 30.1. The number of hydrogen-bond donors (Lipinski definition) is 0. The maximum Gasteiger partial charge on any atom is 1.00 e. The van der Waals surface area contributed by atoms with Gasteiger partial charge >= 0.3 is 25.0 Å². The third-order valence-electron chi connectivity index (χ3n) is 2.91. The van der Waals surface area contributed by atoms with Crippen LogP contribution < -0.4 is 28.9 Å². The van der Waals surface area contributed by atoms with Gasteiger partial charge in [-0.05, 0) is 20.8 Å². The Kier molecular flexibility index (Phi) is 6.29. The molecule has 116 valence electrons. The van der Waals surface area contributed by atoms with Crippen LogP contribution in [-0.4, -0.2) is 53.7 Å². The Balaban J connectivity index is 0.00000242. The monoisotopic (exact) mass is 319 g/mol. The normalized spacial score (nSPS) is 15.2. The molecule has 1 aliphatic rings. The molecule has 0 aliphatic carbocycles. The fraction of sp³-hybridized carbons (Fsp3) is 0.615. The number of carbonyl (C=O) groups excluding carboxylic acids is 2. The van der Waals surface area contributed by atoms with Crippen molar-refractivity contribution in [1.82, 2.24) is 9.88 Å². The molecule has 1 fully saturated rings. The molecule has 0 unspecified atom stereocenters. The number of carboxylic acids is 1. The van der Waals surface area contributed by atoms with Crippen LogP contribution in [0.3, 0.4) is 0 Å². The van der Waals surface area contributed by atoms with Crippen LogP contribution >= 0.6 is 11.3 Å². The number of nitrogens with zero attached hydrogens (tertiary/aromatic N) is 3. The predicted molar refractivity (Wildman–Crippen MR) is 76.5 cm³/mol. The maximum atomic E-state index is 11.9. The molecule has 0 atom stereocenters. The van der Waals surface area contributed by atoms with E-state index in [2.05, 4.69) is 4.98 Å². The summed E-state index contributed by atoms with van der Waals surface area (Å²) in [6.07, 6.45) is 1.21. The summed E-state index contributed by atoms with van der Waals surface area (Å²) in [5.74, 6) is -1.27. The van der Waals surface area contributed by atoms with Crippen molar-refractivity contribution in [1.29, 1.82) is 0 Å². The SMILES string of the molecule is CC(C)(C)OC(=O)N1CCN(c2cnc(C(=O)[O-])s2)CC1.[Li+]. The maximum absolute atomic E-state index is 11.9. The molecule has 1 saturated heterocycles. The van der Waals surface area contributed by atoms with Crippen molar-refractivity contribution >= 4 is 28.4 Å². The smallest absolute Gasteiger partial charge is 0.542 e. The van der Waals surface area contributed by atoms with E-state index in [1.165, 1.54) is 6.20 Å². The quantitative estimate of drug-likeness (QED) is 0.564. The minimum atomic E-state index is -1.27. The van der Waals surface area contributed by atoms with Gasteiger partial charge in [0.15, 0.2) is 0 Å². The Hall–Kier alpha value is -1.23. The van der Waals surface area contributed by atoms with Crippen LogP contribution in [0.2, 0.25) is 0 Å². The van der Waals surface area contributed by atoms with E-state index in [1.54, 1.807) is 4.90 Å². The molecule has 7 nitrogen and oxygen atoms in total. The molecule has 1 aromatic heterocycles. The molecule has 0 N–H and O–H groups in total. The number of hydrogen-bond acceptors (Lipinski definition) is 7. The number of thiazole rings is 1. The molecule has 2 heterocycles. The third-order valence-corrected chi connectivity index (χ3v) is 3.95. The second-order valence-corrected chi connectivity index (χ2v) is 6.75. The summed E-state index contributed by atoms with van der Waals surface area (Å²) >= 11 is 1.09. The second kappa shape index (κ2) is 7.35. The van der Waals surface area contributed by atoms with Crippen molar-refractivity contribution < 1.29 is 38.3 Å². The Morgan fingerprint density at radius 3 is 2.32 bits per heavy atom. The molecular weight excluding hydrogens is 301 g/mol. The number of carbonyl (C=O) groups is 2. The molecule has 9 heteroatoms. The molecule has 0 radical (unpaired) electrons. The van der Waals surface area contributed by atoms with Gasteiger partial charge in [0.25, 0.3) is 0 Å². The number of rotatable bonds is 2. The minimum absolute atomic E-state index is 0. The molecule has 0 spiro atoms. The van der Waals surface area contributed by atoms with Gasteiger partial charge in [-0.25, -0.2) is 9.78 Å². The van der Waals surface area contributed by atoms with E-state index >= 15 is 0 Å². The van der Waals surface area contributed by atoms with Gasteiger partial charge in [-0.2, -0.15) is 0 Å². The van der Waals surface area contributed by atoms with Gasteiger partial charge in [-0.15, -0.1) is 0 Å². The zero-order chi connectivity index (χ0) is 15.6. The van der Waals surface area contributed by atoms with Crippen molar-refractivity contribution in [3.8, 4) is 0 Å². The van der Waals surface area contributed by atoms with E-state index in [9.17, 15) is 14.7 Å². The number of carboxylic acid groups (broad SMARTS) is 1. The Labute approximate surface area is 145 Å². The summed E-state index contributed by atoms with van der Waals surface area (Å²) < 4.78 is 5.33. The van der Waals surface area contributed by atoms with E-state index in [0.717, 1.165) is 16.3 Å². The summed E-state index contributed by atoms with van der Waals surface area (Å²) in [7, 11) is 0. The first kappa shape index (κ1) is 18.8. The molecule has 1 amide bonds. The van der Waals surface area contributed by atoms with Crippen molar-refractivity contribution in [3.63, 3.8) is 0 Å². The first-order valence-electron chi connectivity index (χ1n) is 6.66. The summed E-state index contributed by atoms with van der Waals surface area (Å²) in [6, 6.07) is 0. The molecule has 2 rings (SSSR count). The first-order chi connectivity index (χ1) is 9.76. The summed E-state index contributed by atoms with van der Waals surface area (Å²) in [5, 5.41) is 11.5. The number of aromatic carboxylic acids is 1. The van der Waals surface area contributed by atoms with Crippen LogP contribution in [0, 0.1) is 0 Å². The van der Waals surface area contributed by atoms with Gasteiger partial charge in [0.05, 0.1) is 6.20 Å². The van der Waals surface area contributed by atoms with Crippen LogP contribution in [-0.2, 0) is 4.74 Å². The van der Waals surface area contributed by atoms with Crippen molar-refractivity contribution in [3.05, 3.63) is 11.2 Å². The van der Waals surface area contributed by atoms with Crippen LogP contribution in [0.15, 0.2) is 6.20 Å². The Morgan fingerprint density at radius 1 is 1.27 bits per heavy atom. The van der Waals surface area contributed by atoms with Crippen LogP contribution in [0.4, 0.5) is 9.80 Å². The molecule has 22 heavy (non-hydrogen) atoms. The number of ether oxygens (including phenoxy) is 1. The average Bonchev–Trinajstić information content (AvgIpc) is 2.86. The van der Waals surface area contributed by atoms with Gasteiger partial charge in [0, 0.05) is 26.2 Å². The summed E-state index contributed by atoms with van der Waals surface area (Å²) in [6.45, 7) is 7.81. The minimum Gasteiger partial charge on any atom is -0.542 e. The second-order valence-electron chi connectivity index (χ2n) is 5.75. The van der Waals surface area contributed by atoms with Gasteiger partial charge in [-0.1, -0.05) is 11.3 Å². The van der Waals surface area contributed by atoms with E-state index in [-0.39, 0.29) is 30.0 Å². The van der Waals surface area contributed by atoms with Crippen LogP contribution in [0.5, 0.6) is 0 Å². The number of amides is 1. The van der Waals surface area contributed by atoms with Gasteiger partial charge in [-0.3, -0.25) is 0 Å². The Morgan fingerprint density at radius 2 is 1.86 bits per heavy atom. The molecule has 0 saturated carbocycles. The van der Waals surface area contributed by atoms with Gasteiger partial charge in [0.1, 0.15) is 21.6 Å². The Bertz CT molecular complexity index is 536. The first-order valence-corrected chi connectivity index (χ1v) is 7.48. The largest absolute Gasteiger partial charge is 1.00 e. The topological polar surface area (TPSA) is 85.8 Å². The molecule has 1 aromatic rings. The molecule has 0 bridgehead atoms. The van der Waals surface area contributed by atoms with Gasteiger partial charge < -0.3 is 24.4 Å². The van der Waals surface area contributed by atoms with E-state index in [0.29, 0.717) is 26.2 Å². The zero-order valence-electron chi connectivity index (χ0n) is 13.3. The third kappa shape index (κ3) is 4.90. The number of anilines is 1. The van der Waals surface area contributed by atoms with E-state index in [4.69, 9.17) is 4.74 Å². The van der Waals surface area contributed by atoms with Gasteiger partial charge in [0.2, 0.25) is 0 Å². The van der Waals surface area contributed by atoms with E-state index in [1.807, 2.05) is 25.7 Å². The van der Waals surface area contributed by atoms with Crippen molar-refractivity contribution in [2.24, 2.45) is 0 Å². The molecule has 0 aromatic carbocycles. The standard InChI is InChI=1S/C13H19N3O4S.Li/c1-13(2,3)20-12(19)16-6-4-15(5-7-16)9-8-14-10(21-9)11(17)18;/h8H,4-7H2,1-3H3,(H,17,18);/q;+1/p-1. The number of aromatic nitrogens is 1. The average molecular weight is 319 g/mol. The van der Waals surface area contributed by atoms with Crippen LogP contribution in [0.25, 0.3) is 0 Å². The fourth-order valence-electron chi connectivity index (χ4n) is 1.94. The molecule has 1 aliphatic heterocycles. The zero-order valence-corrected chi connectivity index (χ0v) is 14.1. The van der Waals surface area contributed by atoms with Crippen LogP contribution in [0.1, 0.15) is 30.6 Å². The predicted octanol–water partition coefficient (Wildman–Crippen LogP) is -2.43. The van der Waals surface area contributed by atoms with E-state index < -0.39 is 11.6 Å². The molecular formula is C13H18LiN3O4S. The van der Waals surface area contributed by atoms with Crippen molar-refractivity contribution in [2.45, 2.75) is 26.4 Å². The fourth-order valence-corrected chi connectivity index (χ4v) is 2.75. The summed E-state index contributed by atoms with van der Waals surface area (Å²) in [5.41, 5.74) is -0.505. The number of piperazine rings is 1. The van der Waals surface area contributed by atoms with Crippen molar-refractivity contribution in [2.75, 3.05) is 31.1 Å².